The van der Waals surface area contributed by atoms with E-state index in [0.29, 0.717) is 18.3 Å². The topological polar surface area (TPSA) is 60.2 Å². The number of anilines is 1. The molecule has 31 heavy (non-hydrogen) atoms. The van der Waals surface area contributed by atoms with Gasteiger partial charge in [0, 0.05) is 18.8 Å². The minimum absolute atomic E-state index is 0.107. The van der Waals surface area contributed by atoms with E-state index in [4.69, 9.17) is 4.74 Å². The van der Waals surface area contributed by atoms with Gasteiger partial charge < -0.3 is 14.2 Å². The van der Waals surface area contributed by atoms with Crippen LogP contribution in [0.3, 0.4) is 0 Å². The van der Waals surface area contributed by atoms with Crippen molar-refractivity contribution in [2.75, 3.05) is 17.2 Å². The Hall–Kier alpha value is -2.80. The molecule has 1 aromatic heterocycles. The van der Waals surface area contributed by atoms with E-state index < -0.39 is 0 Å². The van der Waals surface area contributed by atoms with Crippen molar-refractivity contribution in [3.05, 3.63) is 66.0 Å². The summed E-state index contributed by atoms with van der Waals surface area (Å²) in [5.41, 5.74) is 2.27. The molecule has 0 saturated carbocycles. The van der Waals surface area contributed by atoms with Gasteiger partial charge in [0.15, 0.2) is 11.0 Å². The zero-order valence-corrected chi connectivity index (χ0v) is 18.8. The Labute approximate surface area is 187 Å². The number of rotatable bonds is 9. The summed E-state index contributed by atoms with van der Waals surface area (Å²) in [5.74, 6) is 2.60. The number of aromatic nitrogens is 3. The third-order valence-corrected chi connectivity index (χ3v) is 6.30. The first-order chi connectivity index (χ1) is 15.1. The van der Waals surface area contributed by atoms with Crippen LogP contribution in [-0.4, -0.2) is 33.0 Å². The fourth-order valence-corrected chi connectivity index (χ4v) is 4.47. The number of fused-ring (bicyclic) bond motifs is 1. The molecule has 162 valence electrons. The van der Waals surface area contributed by atoms with E-state index in [1.165, 1.54) is 17.3 Å². The van der Waals surface area contributed by atoms with Gasteiger partial charge in [-0.3, -0.25) is 4.79 Å². The van der Waals surface area contributed by atoms with Crippen molar-refractivity contribution in [2.24, 2.45) is 5.92 Å². The lowest BCUT2D eigenvalue weighted by atomic mass is 10.1. The molecule has 0 radical (unpaired) electrons. The number of carbonyl (C=O) groups excluding carboxylic acids is 1. The lowest BCUT2D eigenvalue weighted by Crippen LogP contribution is -2.30. The van der Waals surface area contributed by atoms with E-state index in [-0.39, 0.29) is 5.91 Å². The van der Waals surface area contributed by atoms with Crippen LogP contribution < -0.4 is 9.64 Å². The third kappa shape index (κ3) is 5.28. The Balaban J connectivity index is 1.43. The molecule has 0 unspecified atom stereocenters. The second-order valence-corrected chi connectivity index (χ2v) is 8.99. The highest BCUT2D eigenvalue weighted by atomic mass is 32.2. The molecule has 1 amide bonds. The largest absolute Gasteiger partial charge is 0.486 e. The molecule has 0 atom stereocenters. The maximum atomic E-state index is 12.9. The van der Waals surface area contributed by atoms with E-state index in [1.54, 1.807) is 0 Å². The second kappa shape index (κ2) is 10.0. The quantitative estimate of drug-likeness (QED) is 0.459. The number of para-hydroxylation sites is 2. The normalized spacial score (nSPS) is 12.9. The van der Waals surface area contributed by atoms with Crippen molar-refractivity contribution in [3.63, 3.8) is 0 Å². The van der Waals surface area contributed by atoms with Gasteiger partial charge in [-0.2, -0.15) is 0 Å². The molecule has 1 aliphatic rings. The summed E-state index contributed by atoms with van der Waals surface area (Å²) in [5, 5.41) is 9.51. The molecule has 6 nitrogen and oxygen atoms in total. The van der Waals surface area contributed by atoms with Crippen LogP contribution in [0.4, 0.5) is 5.69 Å². The van der Waals surface area contributed by atoms with Crippen LogP contribution in [0.2, 0.25) is 0 Å². The lowest BCUT2D eigenvalue weighted by molar-refractivity contribution is -0.116. The molecular weight excluding hydrogens is 408 g/mol. The summed E-state index contributed by atoms with van der Waals surface area (Å²) in [7, 11) is 0. The fourth-order valence-electron chi connectivity index (χ4n) is 3.61. The van der Waals surface area contributed by atoms with Gasteiger partial charge in [-0.25, -0.2) is 0 Å². The zero-order valence-electron chi connectivity index (χ0n) is 18.0. The van der Waals surface area contributed by atoms with Crippen LogP contribution in [-0.2, 0) is 24.4 Å². The summed E-state index contributed by atoms with van der Waals surface area (Å²) in [6.45, 7) is 6.30. The van der Waals surface area contributed by atoms with Crippen LogP contribution in [0, 0.1) is 5.92 Å². The smallest absolute Gasteiger partial charge is 0.237 e. The highest BCUT2D eigenvalue weighted by Crippen LogP contribution is 2.29. The number of hydrogen-bond acceptors (Lipinski definition) is 5. The molecule has 0 spiro atoms. The van der Waals surface area contributed by atoms with Gasteiger partial charge in [-0.1, -0.05) is 62.0 Å². The molecule has 0 bridgehead atoms. The van der Waals surface area contributed by atoms with Crippen LogP contribution in [0.15, 0.2) is 59.8 Å². The minimum Gasteiger partial charge on any atom is -0.486 e. The van der Waals surface area contributed by atoms with Crippen LogP contribution in [0.1, 0.15) is 31.7 Å². The number of nitrogens with zero attached hydrogens (tertiary/aromatic N) is 4. The highest BCUT2D eigenvalue weighted by Gasteiger charge is 2.25. The summed E-state index contributed by atoms with van der Waals surface area (Å²) in [6.07, 6.45) is 1.93. The molecule has 4 rings (SSSR count). The Morgan fingerprint density at radius 3 is 2.68 bits per heavy atom. The van der Waals surface area contributed by atoms with Crippen molar-refractivity contribution in [1.82, 2.24) is 14.8 Å². The number of ether oxygens (including phenoxy) is 1. The van der Waals surface area contributed by atoms with E-state index in [2.05, 4.69) is 34.7 Å². The van der Waals surface area contributed by atoms with Gasteiger partial charge in [-0.05, 0) is 42.5 Å². The van der Waals surface area contributed by atoms with Gasteiger partial charge in [-0.15, -0.1) is 10.2 Å². The van der Waals surface area contributed by atoms with Crippen LogP contribution in [0.5, 0.6) is 5.75 Å². The second-order valence-electron chi connectivity index (χ2n) is 8.05. The first kappa shape index (κ1) is 21.4. The predicted molar refractivity (Wildman–Crippen MR) is 123 cm³/mol. The Morgan fingerprint density at radius 2 is 1.87 bits per heavy atom. The molecule has 0 fully saturated rings. The van der Waals surface area contributed by atoms with Crippen molar-refractivity contribution < 1.29 is 9.53 Å². The molecule has 0 saturated heterocycles. The van der Waals surface area contributed by atoms with Crippen LogP contribution in [0.25, 0.3) is 0 Å². The highest BCUT2D eigenvalue weighted by molar-refractivity contribution is 7.99. The number of hydrogen-bond donors (Lipinski definition) is 0. The monoisotopic (exact) mass is 436 g/mol. The standard InChI is InChI=1S/C24H28N4O2S/c1-18(2)12-14-28-22(16-30-20-9-4-3-5-10-20)25-26-24(28)31-17-23(29)27-15-13-19-8-6-7-11-21(19)27/h3-11,18H,12-17H2,1-2H3. The number of benzene rings is 2. The Kier molecular flexibility index (Phi) is 6.92. The van der Waals surface area contributed by atoms with Gasteiger partial charge >= 0.3 is 0 Å². The SMILES string of the molecule is CC(C)CCn1c(COc2ccccc2)nnc1SCC(=O)N1CCc2ccccc21. The predicted octanol–water partition coefficient (Wildman–Crippen LogP) is 4.58. The Bertz CT molecular complexity index is 1020. The van der Waals surface area contributed by atoms with Gasteiger partial charge in [0.25, 0.3) is 0 Å². The fraction of sp³-hybridized carbons (Fsp3) is 0.375. The van der Waals surface area contributed by atoms with E-state index >= 15 is 0 Å². The molecule has 0 N–H and O–H groups in total. The molecule has 1 aliphatic heterocycles. The summed E-state index contributed by atoms with van der Waals surface area (Å²) < 4.78 is 7.99. The molecule has 7 heteroatoms. The molecule has 2 heterocycles. The third-order valence-electron chi connectivity index (χ3n) is 5.35. The molecule has 2 aromatic carbocycles. The zero-order chi connectivity index (χ0) is 21.6. The Morgan fingerprint density at radius 1 is 1.10 bits per heavy atom. The van der Waals surface area contributed by atoms with Gasteiger partial charge in [0.1, 0.15) is 12.4 Å². The summed E-state index contributed by atoms with van der Waals surface area (Å²) in [6, 6.07) is 17.8. The van der Waals surface area contributed by atoms with Gasteiger partial charge in [0.2, 0.25) is 5.91 Å². The number of carbonyl (C=O) groups is 1. The van der Waals surface area contributed by atoms with Gasteiger partial charge in [0.05, 0.1) is 5.75 Å². The maximum Gasteiger partial charge on any atom is 0.237 e. The lowest BCUT2D eigenvalue weighted by Gasteiger charge is -2.17. The van der Waals surface area contributed by atoms with E-state index in [9.17, 15) is 4.79 Å². The van der Waals surface area contributed by atoms with Crippen molar-refractivity contribution in [2.45, 2.75) is 45.0 Å². The number of thioether (sulfide) groups is 1. The maximum absolute atomic E-state index is 12.9. The van der Waals surface area contributed by atoms with Crippen molar-refractivity contribution in [1.29, 1.82) is 0 Å². The number of amides is 1. The van der Waals surface area contributed by atoms with Crippen molar-refractivity contribution in [3.8, 4) is 5.75 Å². The average Bonchev–Trinajstić information content (AvgIpc) is 3.39. The van der Waals surface area contributed by atoms with Crippen molar-refractivity contribution >= 4 is 23.4 Å². The first-order valence-electron chi connectivity index (χ1n) is 10.7. The summed E-state index contributed by atoms with van der Waals surface area (Å²) in [4.78, 5) is 14.8. The molecule has 0 aliphatic carbocycles. The minimum atomic E-state index is 0.107. The molecular formula is C24H28N4O2S. The van der Waals surface area contributed by atoms with Crippen LogP contribution >= 0.6 is 11.8 Å². The molecule has 3 aromatic rings. The van der Waals surface area contributed by atoms with E-state index in [1.807, 2.05) is 53.4 Å². The first-order valence-corrected chi connectivity index (χ1v) is 11.7. The average molecular weight is 437 g/mol. The summed E-state index contributed by atoms with van der Waals surface area (Å²) >= 11 is 1.45. The van der Waals surface area contributed by atoms with E-state index in [0.717, 1.165) is 48.3 Å².